The molecule has 10 heteroatoms. The van der Waals surface area contributed by atoms with E-state index in [9.17, 15) is 13.2 Å². The van der Waals surface area contributed by atoms with Crippen LogP contribution in [0.15, 0.2) is 66.7 Å². The van der Waals surface area contributed by atoms with Crippen molar-refractivity contribution in [3.8, 4) is 5.75 Å². The summed E-state index contributed by atoms with van der Waals surface area (Å²) in [6.07, 6.45) is 1.12. The topological polar surface area (TPSA) is 75.7 Å². The summed E-state index contributed by atoms with van der Waals surface area (Å²) in [5.41, 5.74) is 1.42. The third-order valence-corrected chi connectivity index (χ3v) is 6.53. The van der Waals surface area contributed by atoms with E-state index in [1.54, 1.807) is 66.7 Å². The Hall–Kier alpha value is -2.45. The number of halogens is 3. The molecule has 0 saturated heterocycles. The molecule has 0 unspecified atom stereocenters. The minimum absolute atomic E-state index is 0.0830. The van der Waals surface area contributed by atoms with Crippen molar-refractivity contribution in [2.75, 3.05) is 22.5 Å². The molecule has 3 aromatic carbocycles. The number of carbonyl (C=O) groups is 1. The maximum absolute atomic E-state index is 12.4. The van der Waals surface area contributed by atoms with Crippen LogP contribution in [0.5, 0.6) is 5.75 Å². The molecule has 32 heavy (non-hydrogen) atoms. The van der Waals surface area contributed by atoms with E-state index in [4.69, 9.17) is 39.5 Å². The van der Waals surface area contributed by atoms with Gasteiger partial charge in [-0.25, -0.2) is 8.42 Å². The molecule has 6 nitrogen and oxygen atoms in total. The van der Waals surface area contributed by atoms with Crippen molar-refractivity contribution < 1.29 is 17.9 Å². The molecule has 0 aromatic heterocycles. The second-order valence-corrected chi connectivity index (χ2v) is 9.92. The first-order chi connectivity index (χ1) is 15.1. The lowest BCUT2D eigenvalue weighted by Crippen LogP contribution is -2.29. The normalized spacial score (nSPS) is 11.1. The van der Waals surface area contributed by atoms with Crippen LogP contribution in [0.3, 0.4) is 0 Å². The minimum Gasteiger partial charge on any atom is -0.484 e. The molecule has 0 aliphatic rings. The van der Waals surface area contributed by atoms with Crippen LogP contribution >= 0.6 is 34.8 Å². The van der Waals surface area contributed by atoms with E-state index in [0.29, 0.717) is 37.8 Å². The summed E-state index contributed by atoms with van der Waals surface area (Å²) < 4.78 is 31.4. The lowest BCUT2D eigenvalue weighted by Gasteiger charge is -2.23. The number of benzene rings is 3. The number of nitrogens with zero attached hydrogens (tertiary/aromatic N) is 1. The number of amides is 1. The smallest absolute Gasteiger partial charge is 0.262 e. The molecule has 0 heterocycles. The number of ether oxygens (including phenoxy) is 1. The first-order valence-corrected chi connectivity index (χ1v) is 12.3. The second kappa shape index (κ2) is 10.4. The van der Waals surface area contributed by atoms with Gasteiger partial charge in [-0.3, -0.25) is 9.10 Å². The fourth-order valence-electron chi connectivity index (χ4n) is 2.83. The third-order valence-electron chi connectivity index (χ3n) is 4.39. The van der Waals surface area contributed by atoms with Crippen LogP contribution in [-0.2, 0) is 21.4 Å². The van der Waals surface area contributed by atoms with Gasteiger partial charge in [-0.1, -0.05) is 59.1 Å². The van der Waals surface area contributed by atoms with Crippen molar-refractivity contribution in [1.29, 1.82) is 0 Å². The van der Waals surface area contributed by atoms with Crippen molar-refractivity contribution in [1.82, 2.24) is 0 Å². The fraction of sp³-hybridized carbons (Fsp3) is 0.136. The van der Waals surface area contributed by atoms with Gasteiger partial charge in [-0.05, 0) is 48.0 Å². The van der Waals surface area contributed by atoms with Crippen LogP contribution < -0.4 is 14.4 Å². The van der Waals surface area contributed by atoms with Gasteiger partial charge in [-0.15, -0.1) is 0 Å². The maximum atomic E-state index is 12.4. The summed E-state index contributed by atoms with van der Waals surface area (Å²) in [7, 11) is -3.57. The van der Waals surface area contributed by atoms with Crippen LogP contribution in [-0.4, -0.2) is 27.2 Å². The van der Waals surface area contributed by atoms with Crippen molar-refractivity contribution in [2.45, 2.75) is 6.54 Å². The quantitative estimate of drug-likeness (QED) is 0.423. The van der Waals surface area contributed by atoms with Crippen LogP contribution in [0.2, 0.25) is 15.1 Å². The lowest BCUT2D eigenvalue weighted by atomic mass is 10.2. The number of rotatable bonds is 8. The van der Waals surface area contributed by atoms with Crippen LogP contribution in [0.1, 0.15) is 5.56 Å². The van der Waals surface area contributed by atoms with Crippen molar-refractivity contribution >= 4 is 62.1 Å². The van der Waals surface area contributed by atoms with Gasteiger partial charge in [-0.2, -0.15) is 0 Å². The standard InChI is InChI=1S/C22H19Cl3N2O4S/c1-32(29,30)27(13-15-5-2-3-6-18(15)23)16-9-11-17(12-10-16)31-14-21(28)26-22-19(24)7-4-8-20(22)25/h2-12H,13-14H2,1H3,(H,26,28). The van der Waals surface area contributed by atoms with Gasteiger partial charge < -0.3 is 10.1 Å². The first-order valence-electron chi connectivity index (χ1n) is 9.33. The summed E-state index contributed by atoms with van der Waals surface area (Å²) in [6.45, 7) is -0.198. The minimum atomic E-state index is -3.57. The summed E-state index contributed by atoms with van der Waals surface area (Å²) >= 11 is 18.3. The summed E-state index contributed by atoms with van der Waals surface area (Å²) in [5.74, 6) is -0.0547. The SMILES string of the molecule is CS(=O)(=O)N(Cc1ccccc1Cl)c1ccc(OCC(=O)Nc2c(Cl)cccc2Cl)cc1. The Morgan fingerprint density at radius 1 is 0.906 bits per heavy atom. The molecule has 0 spiro atoms. The molecule has 0 aliphatic heterocycles. The fourth-order valence-corrected chi connectivity index (χ4v) is 4.40. The molecule has 168 valence electrons. The predicted octanol–water partition coefficient (Wildman–Crippen LogP) is 5.63. The van der Waals surface area contributed by atoms with Gasteiger partial charge in [0.25, 0.3) is 5.91 Å². The monoisotopic (exact) mass is 512 g/mol. The highest BCUT2D eigenvalue weighted by atomic mass is 35.5. The molecule has 0 aliphatic carbocycles. The van der Waals surface area contributed by atoms with Crippen molar-refractivity contribution in [3.05, 3.63) is 87.4 Å². The van der Waals surface area contributed by atoms with E-state index < -0.39 is 15.9 Å². The zero-order valence-corrected chi connectivity index (χ0v) is 20.0. The highest BCUT2D eigenvalue weighted by Crippen LogP contribution is 2.30. The van der Waals surface area contributed by atoms with E-state index >= 15 is 0 Å². The molecule has 1 N–H and O–H groups in total. The number of hydrogen-bond donors (Lipinski definition) is 1. The Kier molecular flexibility index (Phi) is 7.90. The second-order valence-electron chi connectivity index (χ2n) is 6.79. The van der Waals surface area contributed by atoms with E-state index in [-0.39, 0.29) is 13.2 Å². The zero-order valence-electron chi connectivity index (χ0n) is 16.9. The summed E-state index contributed by atoms with van der Waals surface area (Å²) in [4.78, 5) is 12.2. The lowest BCUT2D eigenvalue weighted by molar-refractivity contribution is -0.118. The first kappa shape index (κ1) is 24.2. The van der Waals surface area contributed by atoms with Gasteiger partial charge in [0, 0.05) is 5.02 Å². The Bertz CT molecular complexity index is 1200. The molecule has 3 aromatic rings. The van der Waals surface area contributed by atoms with Crippen molar-refractivity contribution in [3.63, 3.8) is 0 Å². The predicted molar refractivity (Wildman–Crippen MR) is 130 cm³/mol. The average molecular weight is 514 g/mol. The number of carbonyl (C=O) groups excluding carboxylic acids is 1. The molecule has 0 saturated carbocycles. The van der Waals surface area contributed by atoms with Crippen molar-refractivity contribution in [2.24, 2.45) is 0 Å². The van der Waals surface area contributed by atoms with Gasteiger partial charge in [0.2, 0.25) is 10.0 Å². The molecular formula is C22H19Cl3N2O4S. The van der Waals surface area contributed by atoms with Gasteiger partial charge in [0.05, 0.1) is 34.2 Å². The Balaban J connectivity index is 1.67. The zero-order chi connectivity index (χ0) is 23.3. The van der Waals surface area contributed by atoms with Gasteiger partial charge in [0.1, 0.15) is 5.75 Å². The number of para-hydroxylation sites is 1. The molecule has 0 atom stereocenters. The number of anilines is 2. The van der Waals surface area contributed by atoms with Gasteiger partial charge in [0.15, 0.2) is 6.61 Å². The summed E-state index contributed by atoms with van der Waals surface area (Å²) in [5, 5.41) is 3.71. The molecular weight excluding hydrogens is 495 g/mol. The number of sulfonamides is 1. The van der Waals surface area contributed by atoms with Crippen LogP contribution in [0.25, 0.3) is 0 Å². The summed E-state index contributed by atoms with van der Waals surface area (Å²) in [6, 6.07) is 18.3. The van der Waals surface area contributed by atoms with Crippen LogP contribution in [0, 0.1) is 0 Å². The van der Waals surface area contributed by atoms with E-state index in [1.807, 2.05) is 0 Å². The Morgan fingerprint density at radius 3 is 2.09 bits per heavy atom. The van der Waals surface area contributed by atoms with Gasteiger partial charge >= 0.3 is 0 Å². The van der Waals surface area contributed by atoms with E-state index in [0.717, 1.165) is 6.26 Å². The Morgan fingerprint density at radius 2 is 1.50 bits per heavy atom. The molecule has 1 amide bonds. The maximum Gasteiger partial charge on any atom is 0.262 e. The molecule has 0 fully saturated rings. The Labute approximate surface area is 201 Å². The number of nitrogens with one attached hydrogen (secondary N) is 1. The van der Waals surface area contributed by atoms with Crippen LogP contribution in [0.4, 0.5) is 11.4 Å². The highest BCUT2D eigenvalue weighted by Gasteiger charge is 2.19. The largest absolute Gasteiger partial charge is 0.484 e. The molecule has 0 bridgehead atoms. The van der Waals surface area contributed by atoms with E-state index in [2.05, 4.69) is 5.32 Å². The number of hydrogen-bond acceptors (Lipinski definition) is 4. The average Bonchev–Trinajstić information content (AvgIpc) is 2.74. The van der Waals surface area contributed by atoms with E-state index in [1.165, 1.54) is 4.31 Å². The molecule has 3 rings (SSSR count). The molecule has 0 radical (unpaired) electrons. The highest BCUT2D eigenvalue weighted by molar-refractivity contribution is 7.92. The third kappa shape index (κ3) is 6.29.